The van der Waals surface area contributed by atoms with Gasteiger partial charge < -0.3 is 20.5 Å². The SMILES string of the molecule is COCC(O)CNC(=O)Nc1cc(F)c(F)cc1F. The second-order valence-electron chi connectivity index (χ2n) is 3.69. The van der Waals surface area contributed by atoms with Crippen LogP contribution in [0.2, 0.25) is 0 Å². The van der Waals surface area contributed by atoms with Gasteiger partial charge in [-0.1, -0.05) is 0 Å². The van der Waals surface area contributed by atoms with E-state index in [9.17, 15) is 23.1 Å². The molecule has 1 aromatic rings. The van der Waals surface area contributed by atoms with Crippen molar-refractivity contribution >= 4 is 11.7 Å². The minimum absolute atomic E-state index is 0.0137. The Hall–Kier alpha value is -1.80. The molecule has 1 unspecified atom stereocenters. The summed E-state index contributed by atoms with van der Waals surface area (Å²) in [5, 5.41) is 13.5. The Labute approximate surface area is 107 Å². The van der Waals surface area contributed by atoms with E-state index in [0.29, 0.717) is 12.1 Å². The van der Waals surface area contributed by atoms with Crippen LogP contribution in [0.15, 0.2) is 12.1 Å². The van der Waals surface area contributed by atoms with Crippen LogP contribution in [0.4, 0.5) is 23.7 Å². The Morgan fingerprint density at radius 2 is 1.95 bits per heavy atom. The van der Waals surface area contributed by atoms with Gasteiger partial charge in [0.15, 0.2) is 11.6 Å². The fraction of sp³-hybridized carbons (Fsp3) is 0.364. The molecule has 1 aromatic carbocycles. The number of amides is 2. The smallest absolute Gasteiger partial charge is 0.319 e. The van der Waals surface area contributed by atoms with E-state index in [1.165, 1.54) is 7.11 Å². The predicted molar refractivity (Wildman–Crippen MR) is 61.2 cm³/mol. The molecule has 0 aromatic heterocycles. The Bertz CT molecular complexity index is 457. The minimum atomic E-state index is -1.35. The second kappa shape index (κ2) is 6.95. The lowest BCUT2D eigenvalue weighted by Crippen LogP contribution is -2.37. The molecule has 0 aliphatic carbocycles. The number of urea groups is 1. The number of hydrogen-bond donors (Lipinski definition) is 3. The molecule has 0 fully saturated rings. The summed E-state index contributed by atoms with van der Waals surface area (Å²) in [7, 11) is 1.37. The lowest BCUT2D eigenvalue weighted by Gasteiger charge is -2.12. The Balaban J connectivity index is 2.55. The third-order valence-electron chi connectivity index (χ3n) is 2.12. The molecule has 0 saturated carbocycles. The number of hydrogen-bond acceptors (Lipinski definition) is 3. The van der Waals surface area contributed by atoms with Crippen molar-refractivity contribution in [1.29, 1.82) is 0 Å². The molecule has 0 bridgehead atoms. The van der Waals surface area contributed by atoms with Gasteiger partial charge in [0, 0.05) is 25.8 Å². The van der Waals surface area contributed by atoms with Crippen LogP contribution in [0.5, 0.6) is 0 Å². The number of carbonyl (C=O) groups is 1. The molecule has 0 radical (unpaired) electrons. The van der Waals surface area contributed by atoms with Gasteiger partial charge in [-0.2, -0.15) is 0 Å². The van der Waals surface area contributed by atoms with Gasteiger partial charge in [0.05, 0.1) is 18.4 Å². The summed E-state index contributed by atoms with van der Waals surface area (Å²) in [6.45, 7) is -0.120. The minimum Gasteiger partial charge on any atom is -0.389 e. The Kier molecular flexibility index (Phi) is 5.58. The number of benzene rings is 1. The second-order valence-corrected chi connectivity index (χ2v) is 3.69. The molecular formula is C11H13F3N2O3. The van der Waals surface area contributed by atoms with Crippen molar-refractivity contribution in [2.24, 2.45) is 0 Å². The average Bonchev–Trinajstić information content (AvgIpc) is 2.34. The quantitative estimate of drug-likeness (QED) is 0.709. The highest BCUT2D eigenvalue weighted by molar-refractivity contribution is 5.89. The van der Waals surface area contributed by atoms with Crippen molar-refractivity contribution in [3.05, 3.63) is 29.6 Å². The summed E-state index contributed by atoms with van der Waals surface area (Å²) < 4.78 is 43.3. The summed E-state index contributed by atoms with van der Waals surface area (Å²) >= 11 is 0. The van der Waals surface area contributed by atoms with E-state index >= 15 is 0 Å². The highest BCUT2D eigenvalue weighted by Crippen LogP contribution is 2.18. The number of aliphatic hydroxyl groups excluding tert-OH is 1. The summed E-state index contributed by atoms with van der Waals surface area (Å²) in [5.74, 6) is -3.73. The zero-order chi connectivity index (χ0) is 14.4. The van der Waals surface area contributed by atoms with Crippen LogP contribution in [0.3, 0.4) is 0 Å². The molecule has 0 spiro atoms. The maximum Gasteiger partial charge on any atom is 0.319 e. The van der Waals surface area contributed by atoms with Crippen molar-refractivity contribution in [1.82, 2.24) is 5.32 Å². The van der Waals surface area contributed by atoms with Gasteiger partial charge in [-0.15, -0.1) is 0 Å². The number of rotatable bonds is 5. The summed E-state index contributed by atoms with van der Waals surface area (Å²) in [4.78, 5) is 11.3. The third-order valence-corrected chi connectivity index (χ3v) is 2.12. The average molecular weight is 278 g/mol. The molecular weight excluding hydrogens is 265 g/mol. The number of ether oxygens (including phenoxy) is 1. The van der Waals surface area contributed by atoms with Crippen molar-refractivity contribution in [2.75, 3.05) is 25.6 Å². The third kappa shape index (κ3) is 4.76. The molecule has 3 N–H and O–H groups in total. The van der Waals surface area contributed by atoms with E-state index in [1.807, 2.05) is 5.32 Å². The van der Waals surface area contributed by atoms with E-state index < -0.39 is 35.3 Å². The van der Waals surface area contributed by atoms with Crippen LogP contribution in [0.1, 0.15) is 0 Å². The van der Waals surface area contributed by atoms with E-state index in [4.69, 9.17) is 0 Å². The summed E-state index contributed by atoms with van der Waals surface area (Å²) in [6, 6.07) is -0.0133. The van der Waals surface area contributed by atoms with Crippen LogP contribution >= 0.6 is 0 Å². The van der Waals surface area contributed by atoms with Crippen LogP contribution in [-0.2, 0) is 4.74 Å². The first-order valence-corrected chi connectivity index (χ1v) is 5.30. The van der Waals surface area contributed by atoms with Gasteiger partial charge in [-0.05, 0) is 0 Å². The van der Waals surface area contributed by atoms with Gasteiger partial charge in [-0.25, -0.2) is 18.0 Å². The van der Waals surface area contributed by atoms with Crippen LogP contribution in [0, 0.1) is 17.5 Å². The van der Waals surface area contributed by atoms with Gasteiger partial charge in [0.2, 0.25) is 0 Å². The highest BCUT2D eigenvalue weighted by Gasteiger charge is 2.13. The maximum absolute atomic E-state index is 13.2. The molecule has 0 saturated heterocycles. The molecule has 5 nitrogen and oxygen atoms in total. The molecule has 106 valence electrons. The first-order chi connectivity index (χ1) is 8.93. The fourth-order valence-corrected chi connectivity index (χ4v) is 1.25. The summed E-state index contributed by atoms with van der Waals surface area (Å²) in [5.41, 5.74) is -0.502. The number of anilines is 1. The van der Waals surface area contributed by atoms with Crippen LogP contribution in [0.25, 0.3) is 0 Å². The monoisotopic (exact) mass is 278 g/mol. The number of aliphatic hydroxyl groups is 1. The highest BCUT2D eigenvalue weighted by atomic mass is 19.2. The predicted octanol–water partition coefficient (Wildman–Crippen LogP) is 1.23. The Morgan fingerprint density at radius 3 is 2.58 bits per heavy atom. The van der Waals surface area contributed by atoms with E-state index in [1.54, 1.807) is 0 Å². The topological polar surface area (TPSA) is 70.6 Å². The van der Waals surface area contributed by atoms with Gasteiger partial charge in [0.25, 0.3) is 0 Å². The molecule has 0 heterocycles. The van der Waals surface area contributed by atoms with E-state index in [0.717, 1.165) is 0 Å². The number of nitrogens with one attached hydrogen (secondary N) is 2. The lowest BCUT2D eigenvalue weighted by molar-refractivity contribution is 0.0663. The molecule has 2 amide bonds. The normalized spacial score (nSPS) is 12.1. The number of halogens is 3. The first kappa shape index (κ1) is 15.3. The van der Waals surface area contributed by atoms with Crippen LogP contribution in [-0.4, -0.2) is 37.5 Å². The zero-order valence-electron chi connectivity index (χ0n) is 10.0. The van der Waals surface area contributed by atoms with Gasteiger partial charge in [0.1, 0.15) is 5.82 Å². The number of carbonyl (C=O) groups excluding carboxylic acids is 1. The lowest BCUT2D eigenvalue weighted by atomic mass is 10.3. The van der Waals surface area contributed by atoms with Crippen molar-refractivity contribution < 1.29 is 27.8 Å². The molecule has 0 aliphatic rings. The zero-order valence-corrected chi connectivity index (χ0v) is 10.0. The van der Waals surface area contributed by atoms with Crippen LogP contribution < -0.4 is 10.6 Å². The van der Waals surface area contributed by atoms with Crippen molar-refractivity contribution in [3.8, 4) is 0 Å². The van der Waals surface area contributed by atoms with Crippen molar-refractivity contribution in [2.45, 2.75) is 6.10 Å². The summed E-state index contributed by atoms with van der Waals surface area (Å²) in [6.07, 6.45) is -0.925. The standard InChI is InChI=1S/C11H13F3N2O3/c1-19-5-6(17)4-15-11(18)16-10-3-8(13)7(12)2-9(10)14/h2-3,6,17H,4-5H2,1H3,(H2,15,16,18). The largest absolute Gasteiger partial charge is 0.389 e. The molecule has 0 aliphatic heterocycles. The van der Waals surface area contributed by atoms with E-state index in [-0.39, 0.29) is 13.2 Å². The Morgan fingerprint density at radius 1 is 1.32 bits per heavy atom. The first-order valence-electron chi connectivity index (χ1n) is 5.30. The van der Waals surface area contributed by atoms with Gasteiger partial charge >= 0.3 is 6.03 Å². The molecule has 1 rings (SSSR count). The molecule has 8 heteroatoms. The number of methoxy groups -OCH3 is 1. The molecule has 19 heavy (non-hydrogen) atoms. The fourth-order valence-electron chi connectivity index (χ4n) is 1.25. The van der Waals surface area contributed by atoms with E-state index in [2.05, 4.69) is 10.1 Å². The van der Waals surface area contributed by atoms with Gasteiger partial charge in [-0.3, -0.25) is 0 Å². The molecule has 1 atom stereocenters. The van der Waals surface area contributed by atoms with Crippen molar-refractivity contribution in [3.63, 3.8) is 0 Å². The maximum atomic E-state index is 13.2.